The van der Waals surface area contributed by atoms with Crippen molar-refractivity contribution in [2.45, 2.75) is 6.04 Å². The van der Waals surface area contributed by atoms with Crippen LogP contribution in [0.5, 0.6) is 0 Å². The summed E-state index contributed by atoms with van der Waals surface area (Å²) in [4.78, 5) is 23.9. The van der Waals surface area contributed by atoms with E-state index in [0.29, 0.717) is 4.88 Å². The summed E-state index contributed by atoms with van der Waals surface area (Å²) >= 11 is 13.0. The van der Waals surface area contributed by atoms with Gasteiger partial charge in [0, 0.05) is 4.88 Å². The molecule has 1 amide bonds. The fraction of sp³-hybridized carbons (Fsp3) is 0.0769. The molecule has 0 aliphatic rings. The summed E-state index contributed by atoms with van der Waals surface area (Å²) in [7, 11) is 0. The minimum Gasteiger partial charge on any atom is -0.479 e. The number of carbonyl (C=O) groups is 2. The third-order valence-electron chi connectivity index (χ3n) is 2.55. The first-order valence-electron chi connectivity index (χ1n) is 5.52. The van der Waals surface area contributed by atoms with Crippen LogP contribution < -0.4 is 5.32 Å². The zero-order valence-corrected chi connectivity index (χ0v) is 12.3. The molecule has 20 heavy (non-hydrogen) atoms. The molecular weight excluding hydrogens is 321 g/mol. The molecule has 0 saturated heterocycles. The Balaban J connectivity index is 2.25. The number of thiophene rings is 1. The quantitative estimate of drug-likeness (QED) is 0.900. The highest BCUT2D eigenvalue weighted by atomic mass is 35.5. The second kappa shape index (κ2) is 6.26. The topological polar surface area (TPSA) is 66.4 Å². The van der Waals surface area contributed by atoms with E-state index in [-0.39, 0.29) is 15.6 Å². The number of aliphatic carboxylic acids is 1. The molecule has 0 aliphatic carbocycles. The van der Waals surface area contributed by atoms with Gasteiger partial charge in [-0.05, 0) is 23.6 Å². The molecule has 0 fully saturated rings. The summed E-state index contributed by atoms with van der Waals surface area (Å²) in [6.07, 6.45) is 0. The number of nitrogens with one attached hydrogen (secondary N) is 1. The summed E-state index contributed by atoms with van der Waals surface area (Å²) in [5, 5.41) is 13.7. The number of carbonyl (C=O) groups excluding carboxylic acids is 1. The molecule has 7 heteroatoms. The second-order valence-corrected chi connectivity index (χ2v) is 5.63. The molecule has 0 aliphatic heterocycles. The maximum atomic E-state index is 12.1. The van der Waals surface area contributed by atoms with Crippen molar-refractivity contribution >= 4 is 46.4 Å². The number of halogens is 2. The first-order valence-corrected chi connectivity index (χ1v) is 7.15. The molecule has 1 unspecified atom stereocenters. The van der Waals surface area contributed by atoms with Crippen molar-refractivity contribution in [3.05, 3.63) is 56.2 Å². The van der Waals surface area contributed by atoms with Gasteiger partial charge in [-0.1, -0.05) is 35.3 Å². The number of benzene rings is 1. The Kier molecular flexibility index (Phi) is 4.65. The molecular formula is C13H9Cl2NO3S. The lowest BCUT2D eigenvalue weighted by Crippen LogP contribution is -2.33. The predicted molar refractivity (Wildman–Crippen MR) is 78.6 cm³/mol. The van der Waals surface area contributed by atoms with Gasteiger partial charge in [0.15, 0.2) is 6.04 Å². The van der Waals surface area contributed by atoms with Crippen molar-refractivity contribution in [1.82, 2.24) is 5.32 Å². The maximum absolute atomic E-state index is 12.1. The zero-order chi connectivity index (χ0) is 14.7. The highest BCUT2D eigenvalue weighted by Crippen LogP contribution is 2.26. The van der Waals surface area contributed by atoms with Gasteiger partial charge in [0.2, 0.25) is 0 Å². The van der Waals surface area contributed by atoms with Gasteiger partial charge in [0.05, 0.1) is 15.6 Å². The van der Waals surface area contributed by atoms with E-state index in [1.807, 2.05) is 0 Å². The van der Waals surface area contributed by atoms with Crippen LogP contribution in [-0.4, -0.2) is 17.0 Å². The molecule has 1 aromatic carbocycles. The average molecular weight is 330 g/mol. The molecule has 0 saturated carbocycles. The summed E-state index contributed by atoms with van der Waals surface area (Å²) in [5.74, 6) is -1.72. The molecule has 0 spiro atoms. The number of carboxylic acids is 1. The molecule has 2 aromatic rings. The van der Waals surface area contributed by atoms with Crippen molar-refractivity contribution in [3.8, 4) is 0 Å². The average Bonchev–Trinajstić information content (AvgIpc) is 2.92. The van der Waals surface area contributed by atoms with E-state index in [1.165, 1.54) is 17.4 Å². The Hall–Kier alpha value is -1.56. The lowest BCUT2D eigenvalue weighted by Gasteiger charge is -2.13. The summed E-state index contributed by atoms with van der Waals surface area (Å²) in [5.41, 5.74) is 0.141. The Morgan fingerprint density at radius 2 is 1.95 bits per heavy atom. The first-order chi connectivity index (χ1) is 9.50. The number of hydrogen-bond acceptors (Lipinski definition) is 3. The SMILES string of the molecule is O=C(NC(C(=O)O)c1cccs1)c1cccc(Cl)c1Cl. The molecule has 2 N–H and O–H groups in total. The molecule has 4 nitrogen and oxygen atoms in total. The lowest BCUT2D eigenvalue weighted by atomic mass is 10.1. The molecule has 1 aromatic heterocycles. The minimum absolute atomic E-state index is 0.0991. The Morgan fingerprint density at radius 3 is 2.55 bits per heavy atom. The van der Waals surface area contributed by atoms with Gasteiger partial charge < -0.3 is 10.4 Å². The number of rotatable bonds is 4. The predicted octanol–water partition coefficient (Wildman–Crippen LogP) is 3.61. The van der Waals surface area contributed by atoms with E-state index in [1.54, 1.807) is 29.6 Å². The van der Waals surface area contributed by atoms with Crippen LogP contribution in [0.3, 0.4) is 0 Å². The lowest BCUT2D eigenvalue weighted by molar-refractivity contribution is -0.139. The van der Waals surface area contributed by atoms with Crippen LogP contribution >= 0.6 is 34.5 Å². The Labute approximate surface area is 128 Å². The highest BCUT2D eigenvalue weighted by Gasteiger charge is 2.24. The van der Waals surface area contributed by atoms with E-state index in [4.69, 9.17) is 23.2 Å². The van der Waals surface area contributed by atoms with Crippen molar-refractivity contribution in [3.63, 3.8) is 0 Å². The van der Waals surface area contributed by atoms with Crippen LogP contribution in [0.25, 0.3) is 0 Å². The van der Waals surface area contributed by atoms with Crippen LogP contribution in [0.15, 0.2) is 35.7 Å². The smallest absolute Gasteiger partial charge is 0.331 e. The summed E-state index contributed by atoms with van der Waals surface area (Å²) < 4.78 is 0. The van der Waals surface area contributed by atoms with Crippen molar-refractivity contribution in [2.24, 2.45) is 0 Å². The molecule has 0 bridgehead atoms. The molecule has 1 atom stereocenters. The van der Waals surface area contributed by atoms with E-state index in [2.05, 4.69) is 5.32 Å². The standard InChI is InChI=1S/C13H9Cl2NO3S/c14-8-4-1-3-7(10(8)15)12(17)16-11(13(18)19)9-5-2-6-20-9/h1-6,11H,(H,16,17)(H,18,19). The Bertz CT molecular complexity index is 643. The van der Waals surface area contributed by atoms with Crippen LogP contribution in [-0.2, 0) is 4.79 Å². The monoisotopic (exact) mass is 329 g/mol. The number of hydrogen-bond donors (Lipinski definition) is 2. The van der Waals surface area contributed by atoms with Gasteiger partial charge >= 0.3 is 5.97 Å². The largest absolute Gasteiger partial charge is 0.479 e. The number of amides is 1. The van der Waals surface area contributed by atoms with Crippen LogP contribution in [0, 0.1) is 0 Å². The van der Waals surface area contributed by atoms with E-state index >= 15 is 0 Å². The van der Waals surface area contributed by atoms with Crippen molar-refractivity contribution in [1.29, 1.82) is 0 Å². The minimum atomic E-state index is -1.14. The third kappa shape index (κ3) is 3.12. The van der Waals surface area contributed by atoms with Gasteiger partial charge in [-0.25, -0.2) is 4.79 Å². The summed E-state index contributed by atoms with van der Waals surface area (Å²) in [6.45, 7) is 0. The van der Waals surface area contributed by atoms with E-state index in [9.17, 15) is 14.7 Å². The van der Waals surface area contributed by atoms with Gasteiger partial charge in [-0.15, -0.1) is 11.3 Å². The van der Waals surface area contributed by atoms with Gasteiger partial charge in [-0.3, -0.25) is 4.79 Å². The van der Waals surface area contributed by atoms with Crippen LogP contribution in [0.1, 0.15) is 21.3 Å². The number of carboxylic acid groups (broad SMARTS) is 1. The normalized spacial score (nSPS) is 11.9. The first kappa shape index (κ1) is 14.8. The molecule has 2 rings (SSSR count). The fourth-order valence-corrected chi connectivity index (χ4v) is 2.75. The molecule has 104 valence electrons. The van der Waals surface area contributed by atoms with Crippen LogP contribution in [0.4, 0.5) is 0 Å². The second-order valence-electron chi connectivity index (χ2n) is 3.86. The van der Waals surface area contributed by atoms with Gasteiger partial charge in [0.1, 0.15) is 0 Å². The molecule has 0 radical (unpaired) electrons. The molecule has 1 heterocycles. The zero-order valence-electron chi connectivity index (χ0n) is 9.97. The Morgan fingerprint density at radius 1 is 1.20 bits per heavy atom. The van der Waals surface area contributed by atoms with E-state index < -0.39 is 17.9 Å². The van der Waals surface area contributed by atoms with Crippen molar-refractivity contribution in [2.75, 3.05) is 0 Å². The summed E-state index contributed by atoms with van der Waals surface area (Å²) in [6, 6.07) is 6.85. The van der Waals surface area contributed by atoms with Crippen molar-refractivity contribution < 1.29 is 14.7 Å². The van der Waals surface area contributed by atoms with Gasteiger partial charge in [0.25, 0.3) is 5.91 Å². The maximum Gasteiger partial charge on any atom is 0.331 e. The third-order valence-corrected chi connectivity index (χ3v) is 4.30. The van der Waals surface area contributed by atoms with E-state index in [0.717, 1.165) is 0 Å². The van der Waals surface area contributed by atoms with Crippen LogP contribution in [0.2, 0.25) is 10.0 Å². The fourth-order valence-electron chi connectivity index (χ4n) is 1.60. The highest BCUT2D eigenvalue weighted by molar-refractivity contribution is 7.10. The van der Waals surface area contributed by atoms with Gasteiger partial charge in [-0.2, -0.15) is 0 Å².